The SMILES string of the molecule is CCOC(=O)C=C[C@H]1O[C@@H](n2cnc3c(N)ncnc32)[C@@H]2OC(C)(C)O[C@@H]21. The lowest BCUT2D eigenvalue weighted by Gasteiger charge is -2.23. The third-order valence-corrected chi connectivity index (χ3v) is 4.43. The standard InChI is InChI=1S/C17H21N5O5/c1-4-24-10(23)6-5-9-12-13(27-17(2,3)26-12)16(25-9)22-8-21-11-14(18)19-7-20-15(11)22/h5-9,12-13,16H,4H2,1-3H3,(H2,18,19,20)/t9-,12-,13-,16-/m1/s1. The number of carbonyl (C=O) groups is 1. The Morgan fingerprint density at radius 2 is 2.11 bits per heavy atom. The molecule has 0 bridgehead atoms. The van der Waals surface area contributed by atoms with Gasteiger partial charge in [0.25, 0.3) is 0 Å². The Morgan fingerprint density at radius 3 is 2.89 bits per heavy atom. The van der Waals surface area contributed by atoms with Crippen LogP contribution in [0.2, 0.25) is 0 Å². The Kier molecular flexibility index (Phi) is 4.33. The predicted octanol–water partition coefficient (Wildman–Crippen LogP) is 0.945. The molecule has 2 aliphatic rings. The molecule has 2 aromatic heterocycles. The molecule has 4 rings (SSSR count). The molecule has 0 radical (unpaired) electrons. The first-order valence-electron chi connectivity index (χ1n) is 8.68. The van der Waals surface area contributed by atoms with E-state index in [2.05, 4.69) is 15.0 Å². The molecule has 10 heteroatoms. The van der Waals surface area contributed by atoms with Crippen molar-refractivity contribution in [3.05, 3.63) is 24.8 Å². The lowest BCUT2D eigenvalue weighted by molar-refractivity contribution is -0.191. The van der Waals surface area contributed by atoms with Gasteiger partial charge in [0, 0.05) is 6.08 Å². The fraction of sp³-hybridized carbons (Fsp3) is 0.529. The number of nitrogens with zero attached hydrogens (tertiary/aromatic N) is 4. The number of esters is 1. The van der Waals surface area contributed by atoms with Crippen molar-refractivity contribution in [1.29, 1.82) is 0 Å². The van der Waals surface area contributed by atoms with Crippen LogP contribution in [0.5, 0.6) is 0 Å². The molecule has 4 atom stereocenters. The van der Waals surface area contributed by atoms with Crippen LogP contribution in [0.3, 0.4) is 0 Å². The Morgan fingerprint density at radius 1 is 1.33 bits per heavy atom. The molecule has 0 unspecified atom stereocenters. The molecule has 10 nitrogen and oxygen atoms in total. The number of hydrogen-bond acceptors (Lipinski definition) is 9. The number of fused-ring (bicyclic) bond motifs is 2. The number of ether oxygens (including phenoxy) is 4. The van der Waals surface area contributed by atoms with E-state index in [9.17, 15) is 4.79 Å². The van der Waals surface area contributed by atoms with Crippen molar-refractivity contribution < 1.29 is 23.7 Å². The highest BCUT2D eigenvalue weighted by atomic mass is 16.8. The molecule has 2 N–H and O–H groups in total. The Hall–Kier alpha value is -2.56. The first-order chi connectivity index (χ1) is 12.9. The van der Waals surface area contributed by atoms with Gasteiger partial charge in [0.2, 0.25) is 0 Å². The topological polar surface area (TPSA) is 124 Å². The van der Waals surface area contributed by atoms with Crippen LogP contribution in [-0.2, 0) is 23.7 Å². The zero-order valence-electron chi connectivity index (χ0n) is 15.2. The van der Waals surface area contributed by atoms with Crippen LogP contribution in [-0.4, -0.2) is 56.2 Å². The van der Waals surface area contributed by atoms with Crippen LogP contribution in [0.4, 0.5) is 5.82 Å². The summed E-state index contributed by atoms with van der Waals surface area (Å²) in [6.07, 6.45) is 4.07. The van der Waals surface area contributed by atoms with Crippen molar-refractivity contribution in [2.75, 3.05) is 12.3 Å². The Balaban J connectivity index is 1.67. The first-order valence-corrected chi connectivity index (χ1v) is 8.68. The maximum Gasteiger partial charge on any atom is 0.330 e. The molecule has 0 amide bonds. The second-order valence-electron chi connectivity index (χ2n) is 6.75. The number of carbonyl (C=O) groups excluding carboxylic acids is 1. The number of nitrogen functional groups attached to an aromatic ring is 1. The van der Waals surface area contributed by atoms with Crippen molar-refractivity contribution in [1.82, 2.24) is 19.5 Å². The van der Waals surface area contributed by atoms with Gasteiger partial charge in [-0.25, -0.2) is 19.7 Å². The maximum atomic E-state index is 11.7. The Bertz CT molecular complexity index is 895. The third-order valence-electron chi connectivity index (χ3n) is 4.43. The van der Waals surface area contributed by atoms with Crippen LogP contribution in [0.25, 0.3) is 11.2 Å². The van der Waals surface area contributed by atoms with Crippen LogP contribution in [0.1, 0.15) is 27.0 Å². The van der Waals surface area contributed by atoms with E-state index < -0.39 is 36.3 Å². The van der Waals surface area contributed by atoms with Crippen LogP contribution >= 0.6 is 0 Å². The highest BCUT2D eigenvalue weighted by molar-refractivity contribution is 5.82. The van der Waals surface area contributed by atoms with Crippen molar-refractivity contribution in [3.8, 4) is 0 Å². The van der Waals surface area contributed by atoms with Gasteiger partial charge in [-0.1, -0.05) is 0 Å². The molecule has 2 fully saturated rings. The molecule has 0 saturated carbocycles. The Labute approximate surface area is 155 Å². The fourth-order valence-corrected chi connectivity index (χ4v) is 3.41. The summed E-state index contributed by atoms with van der Waals surface area (Å²) in [4.78, 5) is 24.2. The molecule has 2 aromatic rings. The highest BCUT2D eigenvalue weighted by Crippen LogP contribution is 2.44. The van der Waals surface area contributed by atoms with Gasteiger partial charge in [0.1, 0.15) is 30.2 Å². The van der Waals surface area contributed by atoms with Crippen LogP contribution in [0, 0.1) is 0 Å². The minimum atomic E-state index is -0.780. The zero-order chi connectivity index (χ0) is 19.2. The van der Waals surface area contributed by atoms with E-state index in [1.54, 1.807) is 23.9 Å². The second-order valence-corrected chi connectivity index (χ2v) is 6.75. The summed E-state index contributed by atoms with van der Waals surface area (Å²) < 4.78 is 24.8. The summed E-state index contributed by atoms with van der Waals surface area (Å²) in [5.41, 5.74) is 6.89. The summed E-state index contributed by atoms with van der Waals surface area (Å²) in [5.74, 6) is -0.929. The number of imidazole rings is 1. The average molecular weight is 375 g/mol. The normalized spacial score (nSPS) is 29.4. The van der Waals surface area contributed by atoms with Gasteiger partial charge in [0.05, 0.1) is 12.9 Å². The molecular formula is C17H21N5O5. The monoisotopic (exact) mass is 375 g/mol. The molecule has 0 aromatic carbocycles. The van der Waals surface area contributed by atoms with Crippen molar-refractivity contribution >= 4 is 23.0 Å². The van der Waals surface area contributed by atoms with Gasteiger partial charge in [0.15, 0.2) is 23.5 Å². The minimum absolute atomic E-state index is 0.288. The van der Waals surface area contributed by atoms with E-state index in [4.69, 9.17) is 24.7 Å². The fourth-order valence-electron chi connectivity index (χ4n) is 3.41. The number of nitrogens with two attached hydrogens (primary N) is 1. The van der Waals surface area contributed by atoms with Gasteiger partial charge in [-0.05, 0) is 26.8 Å². The predicted molar refractivity (Wildman–Crippen MR) is 93.2 cm³/mol. The van der Waals surface area contributed by atoms with Crippen molar-refractivity contribution in [2.24, 2.45) is 0 Å². The van der Waals surface area contributed by atoms with Crippen molar-refractivity contribution in [2.45, 2.75) is 51.1 Å². The lowest BCUT2D eigenvalue weighted by atomic mass is 10.1. The molecule has 2 saturated heterocycles. The van der Waals surface area contributed by atoms with Gasteiger partial charge < -0.3 is 24.7 Å². The smallest absolute Gasteiger partial charge is 0.330 e. The minimum Gasteiger partial charge on any atom is -0.463 e. The van der Waals surface area contributed by atoms with E-state index in [1.807, 2.05) is 13.8 Å². The second kappa shape index (κ2) is 6.55. The number of anilines is 1. The quantitative estimate of drug-likeness (QED) is 0.614. The van der Waals surface area contributed by atoms with Crippen molar-refractivity contribution in [3.63, 3.8) is 0 Å². The molecule has 144 valence electrons. The van der Waals surface area contributed by atoms with Gasteiger partial charge >= 0.3 is 5.97 Å². The maximum absolute atomic E-state index is 11.7. The zero-order valence-corrected chi connectivity index (χ0v) is 15.2. The van der Waals surface area contributed by atoms with E-state index in [0.29, 0.717) is 17.8 Å². The van der Waals surface area contributed by atoms with E-state index >= 15 is 0 Å². The van der Waals surface area contributed by atoms with E-state index in [-0.39, 0.29) is 5.82 Å². The number of hydrogen-bond donors (Lipinski definition) is 1. The highest BCUT2D eigenvalue weighted by Gasteiger charge is 2.55. The summed E-state index contributed by atoms with van der Waals surface area (Å²) >= 11 is 0. The van der Waals surface area contributed by atoms with Gasteiger partial charge in [-0.15, -0.1) is 0 Å². The average Bonchev–Trinajstić information content (AvgIpc) is 3.25. The molecule has 2 aliphatic heterocycles. The summed E-state index contributed by atoms with van der Waals surface area (Å²) in [7, 11) is 0. The van der Waals surface area contributed by atoms with Gasteiger partial charge in [-0.2, -0.15) is 0 Å². The first kappa shape index (κ1) is 17.8. The van der Waals surface area contributed by atoms with E-state index in [0.717, 1.165) is 0 Å². The van der Waals surface area contributed by atoms with Gasteiger partial charge in [-0.3, -0.25) is 4.57 Å². The molecule has 0 spiro atoms. The number of aromatic nitrogens is 4. The summed E-state index contributed by atoms with van der Waals surface area (Å²) in [6.45, 7) is 5.72. The van der Waals surface area contributed by atoms with Crippen LogP contribution < -0.4 is 5.73 Å². The summed E-state index contributed by atoms with van der Waals surface area (Å²) in [5, 5.41) is 0. The number of rotatable bonds is 4. The molecular weight excluding hydrogens is 354 g/mol. The summed E-state index contributed by atoms with van der Waals surface area (Å²) in [6, 6.07) is 0. The largest absolute Gasteiger partial charge is 0.463 e. The van der Waals surface area contributed by atoms with E-state index in [1.165, 1.54) is 12.4 Å². The molecule has 27 heavy (non-hydrogen) atoms. The van der Waals surface area contributed by atoms with Crippen LogP contribution in [0.15, 0.2) is 24.8 Å². The lowest BCUT2D eigenvalue weighted by Crippen LogP contribution is -2.28. The molecule has 0 aliphatic carbocycles. The molecule has 4 heterocycles. The third kappa shape index (κ3) is 3.15.